The molecule has 2 aromatic heterocycles. The van der Waals surface area contributed by atoms with E-state index in [-0.39, 0.29) is 5.97 Å². The second-order valence-corrected chi connectivity index (χ2v) is 5.37. The molecular weight excluding hydrogens is 270 g/mol. The molecule has 0 aliphatic carbocycles. The van der Waals surface area contributed by atoms with E-state index in [2.05, 4.69) is 4.98 Å². The number of carbonyl (C=O) groups is 1. The molecule has 0 aliphatic heterocycles. The van der Waals surface area contributed by atoms with Gasteiger partial charge < -0.3 is 4.74 Å². The van der Waals surface area contributed by atoms with Crippen molar-refractivity contribution in [3.8, 4) is 11.1 Å². The third-order valence-corrected chi connectivity index (χ3v) is 4.34. The van der Waals surface area contributed by atoms with Crippen LogP contribution in [0.25, 0.3) is 22.0 Å². The lowest BCUT2D eigenvalue weighted by molar-refractivity contribution is 0.0607. The normalized spacial score (nSPS) is 10.7. The van der Waals surface area contributed by atoms with Crippen molar-refractivity contribution in [1.29, 1.82) is 0 Å². The summed E-state index contributed by atoms with van der Waals surface area (Å²) in [5.74, 6) is -0.293. The molecule has 0 fully saturated rings. The van der Waals surface area contributed by atoms with Gasteiger partial charge in [-0.15, -0.1) is 11.3 Å². The highest BCUT2D eigenvalue weighted by Gasteiger charge is 2.19. The number of benzene rings is 1. The Morgan fingerprint density at radius 3 is 2.90 bits per heavy atom. The number of hydrogen-bond donors (Lipinski definition) is 0. The maximum atomic E-state index is 11.9. The highest BCUT2D eigenvalue weighted by Crippen LogP contribution is 2.36. The molecule has 0 radical (unpaired) electrons. The number of aryl methyl sites for hydroxylation is 1. The Kier molecular flexibility index (Phi) is 3.24. The van der Waals surface area contributed by atoms with Gasteiger partial charge in [0.2, 0.25) is 0 Å². The molecule has 0 aliphatic rings. The second-order valence-electron chi connectivity index (χ2n) is 4.49. The lowest BCUT2D eigenvalue weighted by Crippen LogP contribution is -2.00. The third-order valence-electron chi connectivity index (χ3n) is 3.26. The van der Waals surface area contributed by atoms with E-state index in [0.717, 1.165) is 27.6 Å². The number of fused-ring (bicyclic) bond motifs is 1. The molecule has 0 unspecified atom stereocenters. The molecular formula is C16H13NO2S. The zero-order valence-electron chi connectivity index (χ0n) is 11.2. The highest BCUT2D eigenvalue weighted by atomic mass is 32.1. The smallest absolute Gasteiger partial charge is 0.348 e. The van der Waals surface area contributed by atoms with Gasteiger partial charge in [0.25, 0.3) is 0 Å². The van der Waals surface area contributed by atoms with Gasteiger partial charge >= 0.3 is 5.97 Å². The minimum Gasteiger partial charge on any atom is -0.465 e. The Labute approximate surface area is 120 Å². The fourth-order valence-electron chi connectivity index (χ4n) is 2.34. The summed E-state index contributed by atoms with van der Waals surface area (Å²) in [7, 11) is 1.41. The van der Waals surface area contributed by atoms with E-state index in [0.29, 0.717) is 4.88 Å². The van der Waals surface area contributed by atoms with Crippen molar-refractivity contribution in [2.24, 2.45) is 0 Å². The summed E-state index contributed by atoms with van der Waals surface area (Å²) < 4.78 is 4.88. The molecule has 0 N–H and O–H groups in total. The number of thiophene rings is 1. The first-order valence-electron chi connectivity index (χ1n) is 6.23. The van der Waals surface area contributed by atoms with Crippen LogP contribution in [0.3, 0.4) is 0 Å². The van der Waals surface area contributed by atoms with Crippen LogP contribution in [0.15, 0.2) is 41.9 Å². The average molecular weight is 283 g/mol. The van der Waals surface area contributed by atoms with E-state index in [4.69, 9.17) is 4.74 Å². The van der Waals surface area contributed by atoms with E-state index in [1.165, 1.54) is 18.4 Å². The summed E-state index contributed by atoms with van der Waals surface area (Å²) in [6, 6.07) is 9.88. The Bertz CT molecular complexity index is 787. The number of nitrogens with zero attached hydrogens (tertiary/aromatic N) is 1. The molecule has 4 heteroatoms. The predicted octanol–water partition coefficient (Wildman–Crippen LogP) is 4.06. The second kappa shape index (κ2) is 5.06. The molecule has 0 amide bonds. The standard InChI is InChI=1S/C16H13NO2S/c1-10-9-20-15(16(18)19-2)14(10)12-5-3-7-13-11(12)6-4-8-17-13/h3-9H,1-2H3. The maximum absolute atomic E-state index is 11.9. The van der Waals surface area contributed by atoms with Gasteiger partial charge in [-0.05, 0) is 35.6 Å². The van der Waals surface area contributed by atoms with Crippen LogP contribution >= 0.6 is 11.3 Å². The van der Waals surface area contributed by atoms with Gasteiger partial charge in [-0.3, -0.25) is 4.98 Å². The monoisotopic (exact) mass is 283 g/mol. The topological polar surface area (TPSA) is 39.2 Å². The van der Waals surface area contributed by atoms with Crippen LogP contribution in [-0.4, -0.2) is 18.1 Å². The molecule has 3 rings (SSSR count). The molecule has 3 aromatic rings. The minimum absolute atomic E-state index is 0.293. The lowest BCUT2D eigenvalue weighted by atomic mass is 9.98. The molecule has 0 atom stereocenters. The summed E-state index contributed by atoms with van der Waals surface area (Å²) >= 11 is 1.42. The van der Waals surface area contributed by atoms with Crippen molar-refractivity contribution in [1.82, 2.24) is 4.98 Å². The van der Waals surface area contributed by atoms with Crippen molar-refractivity contribution in [2.75, 3.05) is 7.11 Å². The number of esters is 1. The van der Waals surface area contributed by atoms with Crippen molar-refractivity contribution < 1.29 is 9.53 Å². The van der Waals surface area contributed by atoms with Crippen LogP contribution in [0.2, 0.25) is 0 Å². The maximum Gasteiger partial charge on any atom is 0.348 e. The first-order chi connectivity index (χ1) is 9.72. The quantitative estimate of drug-likeness (QED) is 0.666. The number of pyridine rings is 1. The van der Waals surface area contributed by atoms with E-state index < -0.39 is 0 Å². The van der Waals surface area contributed by atoms with Gasteiger partial charge in [-0.25, -0.2) is 4.79 Å². The number of methoxy groups -OCH3 is 1. The Morgan fingerprint density at radius 2 is 2.10 bits per heavy atom. The molecule has 0 spiro atoms. The molecule has 2 heterocycles. The fraction of sp³-hybridized carbons (Fsp3) is 0.125. The zero-order valence-corrected chi connectivity index (χ0v) is 12.0. The van der Waals surface area contributed by atoms with E-state index >= 15 is 0 Å². The van der Waals surface area contributed by atoms with Crippen molar-refractivity contribution in [2.45, 2.75) is 6.92 Å². The van der Waals surface area contributed by atoms with Crippen LogP contribution in [-0.2, 0) is 4.74 Å². The van der Waals surface area contributed by atoms with Crippen molar-refractivity contribution >= 4 is 28.2 Å². The molecule has 3 nitrogen and oxygen atoms in total. The highest BCUT2D eigenvalue weighted by molar-refractivity contribution is 7.12. The van der Waals surface area contributed by atoms with Gasteiger partial charge in [0.1, 0.15) is 4.88 Å². The Balaban J connectivity index is 2.31. The van der Waals surface area contributed by atoms with E-state index in [1.54, 1.807) is 6.20 Å². The zero-order chi connectivity index (χ0) is 14.1. The first kappa shape index (κ1) is 12.8. The summed E-state index contributed by atoms with van der Waals surface area (Å²) in [5, 5.41) is 3.03. The molecule has 0 bridgehead atoms. The van der Waals surface area contributed by atoms with Crippen LogP contribution in [0.1, 0.15) is 15.2 Å². The predicted molar refractivity (Wildman–Crippen MR) is 81.1 cm³/mol. The van der Waals surface area contributed by atoms with Crippen molar-refractivity contribution in [3.05, 3.63) is 52.3 Å². The minimum atomic E-state index is -0.293. The van der Waals surface area contributed by atoms with Crippen LogP contribution in [0, 0.1) is 6.92 Å². The first-order valence-corrected chi connectivity index (χ1v) is 7.11. The molecule has 0 saturated carbocycles. The number of rotatable bonds is 2. The van der Waals surface area contributed by atoms with Crippen molar-refractivity contribution in [3.63, 3.8) is 0 Å². The Morgan fingerprint density at radius 1 is 1.25 bits per heavy atom. The summed E-state index contributed by atoms with van der Waals surface area (Å²) in [4.78, 5) is 16.9. The van der Waals surface area contributed by atoms with Crippen LogP contribution in [0.5, 0.6) is 0 Å². The summed E-state index contributed by atoms with van der Waals surface area (Å²) in [5.41, 5.74) is 3.97. The van der Waals surface area contributed by atoms with E-state index in [9.17, 15) is 4.79 Å². The SMILES string of the molecule is COC(=O)c1scc(C)c1-c1cccc2ncccc12. The number of ether oxygens (including phenoxy) is 1. The van der Waals surface area contributed by atoms with Crippen LogP contribution in [0.4, 0.5) is 0 Å². The number of aromatic nitrogens is 1. The third kappa shape index (κ3) is 1.98. The number of carbonyl (C=O) groups excluding carboxylic acids is 1. The fourth-order valence-corrected chi connectivity index (χ4v) is 3.32. The van der Waals surface area contributed by atoms with Gasteiger partial charge in [0.15, 0.2) is 0 Å². The molecule has 100 valence electrons. The van der Waals surface area contributed by atoms with Gasteiger partial charge in [0.05, 0.1) is 12.6 Å². The number of hydrogen-bond acceptors (Lipinski definition) is 4. The lowest BCUT2D eigenvalue weighted by Gasteiger charge is -2.08. The van der Waals surface area contributed by atoms with Gasteiger partial charge in [0, 0.05) is 17.1 Å². The summed E-state index contributed by atoms with van der Waals surface area (Å²) in [6.07, 6.45) is 1.77. The molecule has 20 heavy (non-hydrogen) atoms. The summed E-state index contributed by atoms with van der Waals surface area (Å²) in [6.45, 7) is 2.01. The largest absolute Gasteiger partial charge is 0.465 e. The molecule has 1 aromatic carbocycles. The molecule has 0 saturated heterocycles. The van der Waals surface area contributed by atoms with E-state index in [1.807, 2.05) is 42.6 Å². The van der Waals surface area contributed by atoms with Gasteiger partial charge in [-0.1, -0.05) is 18.2 Å². The average Bonchev–Trinajstić information content (AvgIpc) is 2.87. The van der Waals surface area contributed by atoms with Crippen LogP contribution < -0.4 is 0 Å². The Hall–Kier alpha value is -2.20. The van der Waals surface area contributed by atoms with Gasteiger partial charge in [-0.2, -0.15) is 0 Å².